The van der Waals surface area contributed by atoms with E-state index in [0.717, 1.165) is 17.7 Å². The lowest BCUT2D eigenvalue weighted by Crippen LogP contribution is -2.32. The number of hydrogen-bond acceptors (Lipinski definition) is 6. The summed E-state index contributed by atoms with van der Waals surface area (Å²) in [5, 5.41) is 11.2. The van der Waals surface area contributed by atoms with Gasteiger partial charge in [0, 0.05) is 12.1 Å². The molecule has 33 heavy (non-hydrogen) atoms. The second kappa shape index (κ2) is 10.5. The van der Waals surface area contributed by atoms with Crippen molar-refractivity contribution in [3.05, 3.63) is 64.7 Å². The van der Waals surface area contributed by atoms with E-state index < -0.39 is 17.7 Å². The number of Topliss-reactive ketones (excluding diaryl/α,β-unsaturated/α-hetero) is 1. The lowest BCUT2D eigenvalue weighted by Gasteiger charge is -2.26. The van der Waals surface area contributed by atoms with Gasteiger partial charge in [-0.1, -0.05) is 12.1 Å². The maximum Gasteiger partial charge on any atom is 0.295 e. The van der Waals surface area contributed by atoms with E-state index >= 15 is 0 Å². The van der Waals surface area contributed by atoms with Crippen LogP contribution in [-0.4, -0.2) is 67.5 Å². The molecule has 2 aromatic carbocycles. The van der Waals surface area contributed by atoms with E-state index in [0.29, 0.717) is 36.6 Å². The zero-order valence-corrected chi connectivity index (χ0v) is 19.9. The van der Waals surface area contributed by atoms with E-state index in [9.17, 15) is 14.7 Å². The van der Waals surface area contributed by atoms with Gasteiger partial charge in [0.1, 0.15) is 17.3 Å². The lowest BCUT2D eigenvalue weighted by atomic mass is 9.94. The number of hydrogen-bond donors (Lipinski definition) is 1. The Balaban J connectivity index is 2.08. The molecule has 3 rings (SSSR count). The lowest BCUT2D eigenvalue weighted by molar-refractivity contribution is -0.139. The number of aliphatic hydroxyl groups excluding tert-OH is 1. The molecule has 2 aromatic rings. The Hall–Kier alpha value is -3.32. The summed E-state index contributed by atoms with van der Waals surface area (Å²) in [5.74, 6) is -0.0748. The number of aryl methyl sites for hydroxylation is 1. The SMILES string of the molecule is CCOc1ccc(C(O)=C2C(=O)C(=O)N(CCCN(C)C)[C@@H]2c2ccc(OC)cc2)cc1C. The molecule has 1 fully saturated rings. The molecule has 1 atom stereocenters. The first-order valence-corrected chi connectivity index (χ1v) is 11.1. The van der Waals surface area contributed by atoms with Crippen molar-refractivity contribution in [3.8, 4) is 11.5 Å². The molecule has 0 radical (unpaired) electrons. The van der Waals surface area contributed by atoms with Crippen LogP contribution in [0.5, 0.6) is 11.5 Å². The van der Waals surface area contributed by atoms with Crippen molar-refractivity contribution in [2.24, 2.45) is 0 Å². The van der Waals surface area contributed by atoms with Crippen LogP contribution in [0.4, 0.5) is 0 Å². The van der Waals surface area contributed by atoms with Crippen LogP contribution in [0.3, 0.4) is 0 Å². The Labute approximate surface area is 195 Å². The Kier molecular flexibility index (Phi) is 7.76. The molecule has 1 saturated heterocycles. The fraction of sp³-hybridized carbons (Fsp3) is 0.385. The maximum absolute atomic E-state index is 13.1. The van der Waals surface area contributed by atoms with E-state index in [1.165, 1.54) is 0 Å². The van der Waals surface area contributed by atoms with Gasteiger partial charge in [-0.05, 0) is 82.4 Å². The first-order valence-electron chi connectivity index (χ1n) is 11.1. The number of carbonyl (C=O) groups is 2. The predicted octanol–water partition coefficient (Wildman–Crippen LogP) is 3.78. The summed E-state index contributed by atoms with van der Waals surface area (Å²) in [6, 6.07) is 11.8. The Morgan fingerprint density at radius 2 is 1.82 bits per heavy atom. The summed E-state index contributed by atoms with van der Waals surface area (Å²) in [4.78, 5) is 29.7. The highest BCUT2D eigenvalue weighted by Crippen LogP contribution is 2.40. The highest BCUT2D eigenvalue weighted by molar-refractivity contribution is 6.46. The van der Waals surface area contributed by atoms with Crippen molar-refractivity contribution in [2.75, 3.05) is 40.9 Å². The van der Waals surface area contributed by atoms with Crippen LogP contribution in [0.15, 0.2) is 48.0 Å². The van der Waals surface area contributed by atoms with Crippen LogP contribution in [0.1, 0.15) is 36.1 Å². The Morgan fingerprint density at radius 1 is 1.12 bits per heavy atom. The van der Waals surface area contributed by atoms with Crippen molar-refractivity contribution in [1.82, 2.24) is 9.80 Å². The number of carbonyl (C=O) groups excluding carboxylic acids is 2. The van der Waals surface area contributed by atoms with Crippen LogP contribution in [0, 0.1) is 6.92 Å². The minimum absolute atomic E-state index is 0.0959. The number of likely N-dealkylation sites (tertiary alicyclic amines) is 1. The van der Waals surface area contributed by atoms with Crippen molar-refractivity contribution in [3.63, 3.8) is 0 Å². The number of ether oxygens (including phenoxy) is 2. The summed E-state index contributed by atoms with van der Waals surface area (Å²) >= 11 is 0. The summed E-state index contributed by atoms with van der Waals surface area (Å²) < 4.78 is 10.8. The van der Waals surface area contributed by atoms with Gasteiger partial charge < -0.3 is 24.4 Å². The quantitative estimate of drug-likeness (QED) is 0.354. The minimum atomic E-state index is -0.676. The minimum Gasteiger partial charge on any atom is -0.507 e. The van der Waals surface area contributed by atoms with Gasteiger partial charge in [-0.25, -0.2) is 0 Å². The molecular weight excluding hydrogens is 420 g/mol. The molecule has 0 saturated carbocycles. The van der Waals surface area contributed by atoms with Gasteiger partial charge in [0.05, 0.1) is 25.3 Å². The van der Waals surface area contributed by atoms with Gasteiger partial charge in [-0.3, -0.25) is 9.59 Å². The molecule has 1 N–H and O–H groups in total. The van der Waals surface area contributed by atoms with Crippen LogP contribution in [0.25, 0.3) is 5.76 Å². The van der Waals surface area contributed by atoms with Gasteiger partial charge in [0.2, 0.25) is 0 Å². The summed E-state index contributed by atoms with van der Waals surface area (Å²) in [7, 11) is 5.50. The van der Waals surface area contributed by atoms with Crippen LogP contribution in [0.2, 0.25) is 0 Å². The van der Waals surface area contributed by atoms with Gasteiger partial charge in [0.15, 0.2) is 0 Å². The van der Waals surface area contributed by atoms with Crippen molar-refractivity contribution in [1.29, 1.82) is 0 Å². The third-order valence-corrected chi connectivity index (χ3v) is 5.72. The van der Waals surface area contributed by atoms with Crippen LogP contribution < -0.4 is 9.47 Å². The van der Waals surface area contributed by atoms with Gasteiger partial charge >= 0.3 is 0 Å². The first kappa shape index (κ1) is 24.3. The number of amides is 1. The molecule has 0 unspecified atom stereocenters. The van der Waals surface area contributed by atoms with E-state index in [1.807, 2.05) is 45.0 Å². The monoisotopic (exact) mass is 452 g/mol. The average molecular weight is 453 g/mol. The normalized spacial score (nSPS) is 17.6. The molecule has 0 spiro atoms. The highest BCUT2D eigenvalue weighted by Gasteiger charge is 2.45. The average Bonchev–Trinajstić information content (AvgIpc) is 3.05. The number of aliphatic hydroxyl groups is 1. The molecule has 176 valence electrons. The molecule has 1 amide bonds. The molecule has 0 bridgehead atoms. The topological polar surface area (TPSA) is 79.3 Å². The van der Waals surface area contributed by atoms with Crippen molar-refractivity contribution >= 4 is 17.4 Å². The zero-order valence-electron chi connectivity index (χ0n) is 19.9. The Bertz CT molecular complexity index is 1040. The van der Waals surface area contributed by atoms with Crippen molar-refractivity contribution in [2.45, 2.75) is 26.3 Å². The molecule has 1 heterocycles. The molecule has 1 aliphatic rings. The third-order valence-electron chi connectivity index (χ3n) is 5.72. The fourth-order valence-electron chi connectivity index (χ4n) is 4.07. The highest BCUT2D eigenvalue weighted by atomic mass is 16.5. The standard InChI is InChI=1S/C26H32N2O5/c1-6-33-21-13-10-19(16-17(21)2)24(29)22-23(18-8-11-20(32-5)12-9-18)28(26(31)25(22)30)15-7-14-27(3)4/h8-13,16,23,29H,6-7,14-15H2,1-5H3/t23-/m1/s1. The smallest absolute Gasteiger partial charge is 0.295 e. The van der Waals surface area contributed by atoms with Crippen LogP contribution >= 0.6 is 0 Å². The first-order chi connectivity index (χ1) is 15.8. The van der Waals surface area contributed by atoms with Gasteiger partial charge in [0.25, 0.3) is 11.7 Å². The molecular formula is C26H32N2O5. The van der Waals surface area contributed by atoms with Crippen LogP contribution in [-0.2, 0) is 9.59 Å². The van der Waals surface area contributed by atoms with Gasteiger partial charge in [-0.2, -0.15) is 0 Å². The molecule has 1 aliphatic heterocycles. The largest absolute Gasteiger partial charge is 0.507 e. The summed E-state index contributed by atoms with van der Waals surface area (Å²) in [6.45, 7) is 5.49. The zero-order chi connectivity index (χ0) is 24.1. The molecule has 7 nitrogen and oxygen atoms in total. The second-order valence-corrected chi connectivity index (χ2v) is 8.34. The molecule has 0 aliphatic carbocycles. The summed E-state index contributed by atoms with van der Waals surface area (Å²) in [5.41, 5.74) is 2.14. The molecule has 7 heteroatoms. The second-order valence-electron chi connectivity index (χ2n) is 8.34. The van der Waals surface area contributed by atoms with Crippen molar-refractivity contribution < 1.29 is 24.2 Å². The number of rotatable bonds is 9. The third kappa shape index (κ3) is 5.20. The number of benzene rings is 2. The fourth-order valence-corrected chi connectivity index (χ4v) is 4.07. The van der Waals surface area contributed by atoms with E-state index in [-0.39, 0.29) is 11.3 Å². The van der Waals surface area contributed by atoms with E-state index in [4.69, 9.17) is 9.47 Å². The summed E-state index contributed by atoms with van der Waals surface area (Å²) in [6.07, 6.45) is 0.703. The number of methoxy groups -OCH3 is 1. The maximum atomic E-state index is 13.1. The van der Waals surface area contributed by atoms with Gasteiger partial charge in [-0.15, -0.1) is 0 Å². The molecule has 0 aromatic heterocycles. The van der Waals surface area contributed by atoms with E-state index in [1.54, 1.807) is 42.3 Å². The Morgan fingerprint density at radius 3 is 2.39 bits per heavy atom. The predicted molar refractivity (Wildman–Crippen MR) is 128 cm³/mol. The number of nitrogens with zero attached hydrogens (tertiary/aromatic N) is 2. The van der Waals surface area contributed by atoms with E-state index in [2.05, 4.69) is 0 Å². The number of ketones is 1.